The molecule has 0 saturated carbocycles. The van der Waals surface area contributed by atoms with E-state index in [1.54, 1.807) is 0 Å². The van der Waals surface area contributed by atoms with E-state index in [-0.39, 0.29) is 12.1 Å². The molecule has 1 aromatic carbocycles. The molecule has 2 atom stereocenters. The first-order valence-corrected chi connectivity index (χ1v) is 7.34. The fourth-order valence-corrected chi connectivity index (χ4v) is 2.51. The third-order valence-electron chi connectivity index (χ3n) is 3.56. The van der Waals surface area contributed by atoms with Crippen LogP contribution in [-0.4, -0.2) is 22.4 Å². The van der Waals surface area contributed by atoms with Gasteiger partial charge in [-0.2, -0.15) is 5.10 Å². The van der Waals surface area contributed by atoms with Crippen molar-refractivity contribution in [1.82, 2.24) is 15.2 Å². The van der Waals surface area contributed by atoms with Crippen LogP contribution in [0, 0.1) is 0 Å². The highest BCUT2D eigenvalue weighted by Gasteiger charge is 2.22. The Labute approximate surface area is 126 Å². The highest BCUT2D eigenvalue weighted by Crippen LogP contribution is 2.24. The summed E-state index contributed by atoms with van der Waals surface area (Å²) < 4.78 is 7.73. The van der Waals surface area contributed by atoms with Gasteiger partial charge >= 0.3 is 0 Å². The highest BCUT2D eigenvalue weighted by atomic mass is 16.5. The van der Waals surface area contributed by atoms with E-state index in [9.17, 15) is 0 Å². The van der Waals surface area contributed by atoms with Gasteiger partial charge in [-0.3, -0.25) is 16.0 Å². The average Bonchev–Trinajstić information content (AvgIpc) is 2.93. The van der Waals surface area contributed by atoms with Gasteiger partial charge in [-0.1, -0.05) is 30.3 Å². The van der Waals surface area contributed by atoms with Crippen LogP contribution in [-0.2, 0) is 18.2 Å². The lowest BCUT2D eigenvalue weighted by atomic mass is 9.97. The molecule has 1 aromatic heterocycles. The van der Waals surface area contributed by atoms with E-state index in [0.29, 0.717) is 6.61 Å². The average molecular weight is 288 g/mol. The normalized spacial score (nSPS) is 14.0. The van der Waals surface area contributed by atoms with Crippen LogP contribution in [0.25, 0.3) is 0 Å². The molecule has 1 heterocycles. The maximum absolute atomic E-state index is 5.91. The van der Waals surface area contributed by atoms with Crippen molar-refractivity contribution in [3.05, 3.63) is 53.9 Å². The summed E-state index contributed by atoms with van der Waals surface area (Å²) in [5.74, 6) is 5.76. The number of aryl methyl sites for hydroxylation is 2. The maximum atomic E-state index is 5.91. The van der Waals surface area contributed by atoms with Crippen LogP contribution in [0.3, 0.4) is 0 Å². The number of nitrogens with one attached hydrogen (secondary N) is 1. The first-order chi connectivity index (χ1) is 10.2. The van der Waals surface area contributed by atoms with Gasteiger partial charge in [0.25, 0.3) is 0 Å². The molecule has 0 aliphatic rings. The Balaban J connectivity index is 2.05. The number of nitrogens with two attached hydrogens (primary N) is 1. The lowest BCUT2D eigenvalue weighted by molar-refractivity contribution is 0.0309. The smallest absolute Gasteiger partial charge is 0.0991 e. The van der Waals surface area contributed by atoms with Crippen LogP contribution in [0.5, 0.6) is 0 Å². The Morgan fingerprint density at radius 2 is 2.10 bits per heavy atom. The van der Waals surface area contributed by atoms with Crippen LogP contribution in [0.15, 0.2) is 42.7 Å². The number of hydrogen-bond donors (Lipinski definition) is 2. The standard InChI is InChI=1S/C16H24N4O/c1-3-21-16(14-7-5-4-6-8-14)15(19-17)10-9-13-11-18-20(2)12-13/h4-8,11-12,15-16,19H,3,9-10,17H2,1-2H3. The summed E-state index contributed by atoms with van der Waals surface area (Å²) >= 11 is 0. The van der Waals surface area contributed by atoms with Gasteiger partial charge in [0.15, 0.2) is 0 Å². The molecule has 2 aromatic rings. The molecule has 21 heavy (non-hydrogen) atoms. The van der Waals surface area contributed by atoms with Gasteiger partial charge in [-0.25, -0.2) is 0 Å². The largest absolute Gasteiger partial charge is 0.372 e. The summed E-state index contributed by atoms with van der Waals surface area (Å²) in [7, 11) is 1.93. The van der Waals surface area contributed by atoms with Crippen LogP contribution in [0.2, 0.25) is 0 Å². The molecule has 5 heteroatoms. The Kier molecular flexibility index (Phi) is 5.92. The number of hydrogen-bond acceptors (Lipinski definition) is 4. The monoisotopic (exact) mass is 288 g/mol. The van der Waals surface area contributed by atoms with Crippen LogP contribution in [0.4, 0.5) is 0 Å². The van der Waals surface area contributed by atoms with E-state index in [1.807, 2.05) is 49.2 Å². The topological polar surface area (TPSA) is 65.1 Å². The van der Waals surface area contributed by atoms with Gasteiger partial charge in [0, 0.05) is 19.9 Å². The van der Waals surface area contributed by atoms with E-state index in [2.05, 4.69) is 22.7 Å². The fraction of sp³-hybridized carbons (Fsp3) is 0.438. The predicted octanol–water partition coefficient (Wildman–Crippen LogP) is 1.96. The van der Waals surface area contributed by atoms with Crippen molar-refractivity contribution < 1.29 is 4.74 Å². The molecule has 2 rings (SSSR count). The van der Waals surface area contributed by atoms with E-state index in [0.717, 1.165) is 18.4 Å². The zero-order valence-electron chi connectivity index (χ0n) is 12.7. The molecule has 0 aliphatic heterocycles. The molecule has 0 aliphatic carbocycles. The number of hydrazine groups is 1. The number of aromatic nitrogens is 2. The second-order valence-electron chi connectivity index (χ2n) is 5.12. The van der Waals surface area contributed by atoms with E-state index >= 15 is 0 Å². The molecule has 0 saturated heterocycles. The third-order valence-corrected chi connectivity index (χ3v) is 3.56. The molecule has 114 valence electrons. The third kappa shape index (κ3) is 4.39. The van der Waals surface area contributed by atoms with Crippen LogP contribution < -0.4 is 11.3 Å². The van der Waals surface area contributed by atoms with E-state index in [4.69, 9.17) is 10.6 Å². The first kappa shape index (κ1) is 15.7. The molecular weight excluding hydrogens is 264 g/mol. The SMILES string of the molecule is CCOC(c1ccccc1)C(CCc1cnn(C)c1)NN. The molecule has 0 radical (unpaired) electrons. The fourth-order valence-electron chi connectivity index (χ4n) is 2.51. The second-order valence-corrected chi connectivity index (χ2v) is 5.12. The van der Waals surface area contributed by atoms with Gasteiger partial charge in [0.2, 0.25) is 0 Å². The Morgan fingerprint density at radius 3 is 2.67 bits per heavy atom. The van der Waals surface area contributed by atoms with Crippen molar-refractivity contribution in [2.24, 2.45) is 12.9 Å². The minimum atomic E-state index is -0.0436. The zero-order chi connectivity index (χ0) is 15.1. The molecule has 5 nitrogen and oxygen atoms in total. The van der Waals surface area contributed by atoms with Crippen molar-refractivity contribution >= 4 is 0 Å². The van der Waals surface area contributed by atoms with Gasteiger partial charge in [-0.05, 0) is 30.9 Å². The summed E-state index contributed by atoms with van der Waals surface area (Å²) in [5, 5.41) is 4.19. The molecular formula is C16H24N4O. The van der Waals surface area contributed by atoms with Crippen LogP contribution in [0.1, 0.15) is 30.6 Å². The van der Waals surface area contributed by atoms with E-state index in [1.165, 1.54) is 5.56 Å². The molecule has 0 spiro atoms. The lowest BCUT2D eigenvalue weighted by Gasteiger charge is -2.26. The Hall–Kier alpha value is -1.69. The van der Waals surface area contributed by atoms with Crippen molar-refractivity contribution in [2.45, 2.75) is 31.9 Å². The predicted molar refractivity (Wildman–Crippen MR) is 83.4 cm³/mol. The van der Waals surface area contributed by atoms with Crippen molar-refractivity contribution in [2.75, 3.05) is 6.61 Å². The van der Waals surface area contributed by atoms with Crippen LogP contribution >= 0.6 is 0 Å². The Morgan fingerprint density at radius 1 is 1.33 bits per heavy atom. The summed E-state index contributed by atoms with van der Waals surface area (Å²) in [5.41, 5.74) is 5.27. The minimum Gasteiger partial charge on any atom is -0.372 e. The number of nitrogens with zero attached hydrogens (tertiary/aromatic N) is 2. The van der Waals surface area contributed by atoms with Crippen molar-refractivity contribution in [3.8, 4) is 0 Å². The van der Waals surface area contributed by atoms with Gasteiger partial charge in [0.05, 0.1) is 18.3 Å². The van der Waals surface area contributed by atoms with E-state index < -0.39 is 0 Å². The first-order valence-electron chi connectivity index (χ1n) is 7.34. The number of benzene rings is 1. The lowest BCUT2D eigenvalue weighted by Crippen LogP contribution is -2.41. The highest BCUT2D eigenvalue weighted by molar-refractivity contribution is 5.19. The molecule has 0 bridgehead atoms. The zero-order valence-corrected chi connectivity index (χ0v) is 12.7. The quantitative estimate of drug-likeness (QED) is 0.576. The number of rotatable bonds is 8. The molecule has 2 unspecified atom stereocenters. The summed E-state index contributed by atoms with van der Waals surface area (Å²) in [6.45, 7) is 2.66. The van der Waals surface area contributed by atoms with Crippen molar-refractivity contribution in [1.29, 1.82) is 0 Å². The minimum absolute atomic E-state index is 0.0436. The molecule has 3 N–H and O–H groups in total. The Bertz CT molecular complexity index is 526. The van der Waals surface area contributed by atoms with Gasteiger partial charge < -0.3 is 4.74 Å². The van der Waals surface area contributed by atoms with Gasteiger partial charge in [0.1, 0.15) is 0 Å². The molecule has 0 fully saturated rings. The molecule has 0 amide bonds. The number of ether oxygens (including phenoxy) is 1. The summed E-state index contributed by atoms with van der Waals surface area (Å²) in [6.07, 6.45) is 5.69. The second kappa shape index (κ2) is 7.93. The van der Waals surface area contributed by atoms with Gasteiger partial charge in [-0.15, -0.1) is 0 Å². The van der Waals surface area contributed by atoms with Crippen molar-refractivity contribution in [3.63, 3.8) is 0 Å². The maximum Gasteiger partial charge on any atom is 0.0991 e. The summed E-state index contributed by atoms with van der Waals surface area (Å²) in [6, 6.07) is 10.3. The summed E-state index contributed by atoms with van der Waals surface area (Å²) in [4.78, 5) is 0.